The van der Waals surface area contributed by atoms with Crippen LogP contribution in [0.15, 0.2) is 27.1 Å². The number of anilines is 1. The highest BCUT2D eigenvalue weighted by Crippen LogP contribution is 2.29. The zero-order valence-corrected chi connectivity index (χ0v) is 15.4. The van der Waals surface area contributed by atoms with Crippen LogP contribution in [0.3, 0.4) is 0 Å². The molecule has 0 unspecified atom stereocenters. The van der Waals surface area contributed by atoms with Crippen LogP contribution in [-0.4, -0.2) is 16.1 Å². The molecule has 0 radical (unpaired) electrons. The highest BCUT2D eigenvalue weighted by molar-refractivity contribution is 9.10. The molecular formula is C16H16BrN3O2S. The molecule has 2 heterocycles. The van der Waals surface area contributed by atoms with Crippen molar-refractivity contribution in [3.05, 3.63) is 39.0 Å². The first kappa shape index (κ1) is 16.1. The lowest BCUT2D eigenvalue weighted by molar-refractivity contribution is 0.0998. The molecule has 7 heteroatoms. The molecule has 0 atom stereocenters. The second-order valence-corrected chi connectivity index (χ2v) is 7.73. The van der Waals surface area contributed by atoms with Gasteiger partial charge in [0.1, 0.15) is 10.6 Å². The van der Waals surface area contributed by atoms with E-state index in [9.17, 15) is 4.79 Å². The number of carbonyl (C=O) groups excluding carboxylic acids is 1. The van der Waals surface area contributed by atoms with Crippen LogP contribution in [0, 0.1) is 12.8 Å². The lowest BCUT2D eigenvalue weighted by Crippen LogP contribution is -2.11. The van der Waals surface area contributed by atoms with Crippen molar-refractivity contribution in [2.75, 3.05) is 5.32 Å². The Morgan fingerprint density at radius 1 is 1.39 bits per heavy atom. The minimum absolute atomic E-state index is 0.304. The van der Waals surface area contributed by atoms with Crippen LogP contribution < -0.4 is 5.32 Å². The van der Waals surface area contributed by atoms with Crippen LogP contribution in [0.25, 0.3) is 11.0 Å². The van der Waals surface area contributed by atoms with Gasteiger partial charge in [-0.25, -0.2) is 0 Å². The van der Waals surface area contributed by atoms with E-state index in [2.05, 4.69) is 45.3 Å². The number of fused-ring (bicyclic) bond motifs is 1. The number of aromatic nitrogens is 2. The van der Waals surface area contributed by atoms with E-state index < -0.39 is 0 Å². The van der Waals surface area contributed by atoms with Crippen LogP contribution in [-0.2, 0) is 6.42 Å². The van der Waals surface area contributed by atoms with E-state index in [1.807, 2.05) is 25.1 Å². The van der Waals surface area contributed by atoms with E-state index in [1.165, 1.54) is 11.3 Å². The predicted octanol–water partition coefficient (Wildman–Crippen LogP) is 4.81. The quantitative estimate of drug-likeness (QED) is 0.690. The zero-order chi connectivity index (χ0) is 16.6. The molecule has 120 valence electrons. The number of nitrogens with one attached hydrogen (secondary N) is 1. The van der Waals surface area contributed by atoms with Crippen molar-refractivity contribution in [2.24, 2.45) is 5.92 Å². The number of hydrogen-bond acceptors (Lipinski definition) is 5. The van der Waals surface area contributed by atoms with E-state index in [1.54, 1.807) is 0 Å². The molecule has 0 aliphatic rings. The summed E-state index contributed by atoms with van der Waals surface area (Å²) in [7, 11) is 0. The van der Waals surface area contributed by atoms with Crippen LogP contribution in [0.4, 0.5) is 5.13 Å². The summed E-state index contributed by atoms with van der Waals surface area (Å²) >= 11 is 4.83. The second kappa shape index (κ2) is 6.41. The molecule has 0 saturated heterocycles. The van der Waals surface area contributed by atoms with Crippen LogP contribution in [0.1, 0.15) is 35.0 Å². The Balaban J connectivity index is 1.83. The third-order valence-electron chi connectivity index (χ3n) is 3.37. The maximum atomic E-state index is 12.4. The van der Waals surface area contributed by atoms with Gasteiger partial charge >= 0.3 is 0 Å². The number of carbonyl (C=O) groups is 1. The number of furan rings is 1. The Labute approximate surface area is 146 Å². The largest absolute Gasteiger partial charge is 0.451 e. The number of amides is 1. The smallest absolute Gasteiger partial charge is 0.293 e. The molecule has 0 spiro atoms. The average Bonchev–Trinajstić information content (AvgIpc) is 3.03. The van der Waals surface area contributed by atoms with Gasteiger partial charge in [-0.3, -0.25) is 10.1 Å². The van der Waals surface area contributed by atoms with Crippen LogP contribution >= 0.6 is 27.3 Å². The first-order valence-corrected chi connectivity index (χ1v) is 8.87. The van der Waals surface area contributed by atoms with Crippen molar-refractivity contribution in [2.45, 2.75) is 27.2 Å². The van der Waals surface area contributed by atoms with E-state index in [0.29, 0.717) is 22.4 Å². The first-order valence-electron chi connectivity index (χ1n) is 7.26. The molecule has 1 amide bonds. The van der Waals surface area contributed by atoms with Gasteiger partial charge in [0.25, 0.3) is 5.91 Å². The minimum atomic E-state index is -0.304. The van der Waals surface area contributed by atoms with Gasteiger partial charge in [0.15, 0.2) is 5.76 Å². The van der Waals surface area contributed by atoms with Gasteiger partial charge < -0.3 is 4.42 Å². The maximum Gasteiger partial charge on any atom is 0.293 e. The molecule has 0 aliphatic heterocycles. The van der Waals surface area contributed by atoms with Gasteiger partial charge in [-0.15, -0.1) is 10.2 Å². The number of nitrogens with zero attached hydrogens (tertiary/aromatic N) is 2. The Hall–Kier alpha value is -1.73. The zero-order valence-electron chi connectivity index (χ0n) is 13.0. The monoisotopic (exact) mass is 393 g/mol. The summed E-state index contributed by atoms with van der Waals surface area (Å²) in [6.45, 7) is 6.11. The minimum Gasteiger partial charge on any atom is -0.451 e. The summed E-state index contributed by atoms with van der Waals surface area (Å²) in [4.78, 5) is 12.4. The lowest BCUT2D eigenvalue weighted by atomic mass is 10.1. The highest BCUT2D eigenvalue weighted by Gasteiger charge is 2.19. The number of rotatable bonds is 4. The summed E-state index contributed by atoms with van der Waals surface area (Å²) in [6, 6.07) is 5.67. The van der Waals surface area contributed by atoms with E-state index in [-0.39, 0.29) is 5.91 Å². The van der Waals surface area contributed by atoms with Gasteiger partial charge in [-0.05, 0) is 31.0 Å². The maximum absolute atomic E-state index is 12.4. The van der Waals surface area contributed by atoms with Crippen molar-refractivity contribution in [1.29, 1.82) is 0 Å². The Kier molecular flexibility index (Phi) is 4.50. The number of aryl methyl sites for hydroxylation is 1. The fraction of sp³-hybridized carbons (Fsp3) is 0.312. The SMILES string of the molecule is Cc1c(C(=O)Nc2nnc(CC(C)C)s2)oc2ccc(Br)cc12. The normalized spacial score (nSPS) is 11.3. The fourth-order valence-electron chi connectivity index (χ4n) is 2.30. The van der Waals surface area contributed by atoms with E-state index in [0.717, 1.165) is 26.9 Å². The molecule has 1 aromatic carbocycles. The van der Waals surface area contributed by atoms with Crippen molar-refractivity contribution < 1.29 is 9.21 Å². The molecular weight excluding hydrogens is 378 g/mol. The summed E-state index contributed by atoms with van der Waals surface area (Å²) in [5.74, 6) is 0.503. The Bertz CT molecular complexity index is 869. The summed E-state index contributed by atoms with van der Waals surface area (Å²) < 4.78 is 6.63. The summed E-state index contributed by atoms with van der Waals surface area (Å²) in [5, 5.41) is 13.2. The van der Waals surface area contributed by atoms with Crippen molar-refractivity contribution in [3.8, 4) is 0 Å². The van der Waals surface area contributed by atoms with Crippen molar-refractivity contribution >= 4 is 49.3 Å². The summed E-state index contributed by atoms with van der Waals surface area (Å²) in [6.07, 6.45) is 0.852. The molecule has 0 aliphatic carbocycles. The molecule has 3 aromatic rings. The fourth-order valence-corrected chi connectivity index (χ4v) is 3.61. The lowest BCUT2D eigenvalue weighted by Gasteiger charge is -1.99. The third kappa shape index (κ3) is 3.45. The second-order valence-electron chi connectivity index (χ2n) is 5.75. The first-order chi connectivity index (χ1) is 10.9. The number of halogens is 1. The van der Waals surface area contributed by atoms with E-state index >= 15 is 0 Å². The van der Waals surface area contributed by atoms with Gasteiger partial charge in [0.05, 0.1) is 0 Å². The van der Waals surface area contributed by atoms with Gasteiger partial charge in [-0.1, -0.05) is 41.1 Å². The number of benzene rings is 1. The molecule has 0 bridgehead atoms. The molecule has 0 saturated carbocycles. The van der Waals surface area contributed by atoms with Crippen molar-refractivity contribution in [3.63, 3.8) is 0 Å². The Morgan fingerprint density at radius 2 is 2.17 bits per heavy atom. The molecule has 1 N–H and O–H groups in total. The topological polar surface area (TPSA) is 68.0 Å². The van der Waals surface area contributed by atoms with Gasteiger partial charge in [0, 0.05) is 21.8 Å². The van der Waals surface area contributed by atoms with Crippen LogP contribution in [0.2, 0.25) is 0 Å². The van der Waals surface area contributed by atoms with Crippen molar-refractivity contribution in [1.82, 2.24) is 10.2 Å². The highest BCUT2D eigenvalue weighted by atomic mass is 79.9. The molecule has 23 heavy (non-hydrogen) atoms. The molecule has 2 aromatic heterocycles. The standard InChI is InChI=1S/C16H16BrN3O2S/c1-8(2)6-13-19-20-16(23-13)18-15(21)14-9(3)11-7-10(17)4-5-12(11)22-14/h4-5,7-8H,6H2,1-3H3,(H,18,20,21). The molecule has 3 rings (SSSR count). The molecule has 5 nitrogen and oxygen atoms in total. The third-order valence-corrected chi connectivity index (χ3v) is 4.73. The predicted molar refractivity (Wildman–Crippen MR) is 95.1 cm³/mol. The summed E-state index contributed by atoms with van der Waals surface area (Å²) in [5.41, 5.74) is 1.50. The average molecular weight is 394 g/mol. The van der Waals surface area contributed by atoms with Crippen LogP contribution in [0.5, 0.6) is 0 Å². The number of hydrogen-bond donors (Lipinski definition) is 1. The van der Waals surface area contributed by atoms with E-state index in [4.69, 9.17) is 4.42 Å². The van der Waals surface area contributed by atoms with Gasteiger partial charge in [-0.2, -0.15) is 0 Å². The van der Waals surface area contributed by atoms with Gasteiger partial charge in [0.2, 0.25) is 5.13 Å². The Morgan fingerprint density at radius 3 is 2.91 bits per heavy atom. The molecule has 0 fully saturated rings.